The first-order chi connectivity index (χ1) is 16.6. The van der Waals surface area contributed by atoms with Crippen molar-refractivity contribution in [3.63, 3.8) is 0 Å². The van der Waals surface area contributed by atoms with Gasteiger partial charge in [0, 0.05) is 5.92 Å². The molecule has 34 heavy (non-hydrogen) atoms. The van der Waals surface area contributed by atoms with Crippen LogP contribution in [0.2, 0.25) is 0 Å². The Bertz CT molecular complexity index is 570. The first-order valence-electron chi connectivity index (χ1n) is 14.3. The molecule has 0 saturated carbocycles. The van der Waals surface area contributed by atoms with Gasteiger partial charge in [-0.3, -0.25) is 0 Å². The highest BCUT2D eigenvalue weighted by Crippen LogP contribution is 2.35. The fraction of sp³-hybridized carbons (Fsp3) is 0.800. The maximum atomic E-state index is 13.5. The van der Waals surface area contributed by atoms with E-state index in [1.165, 1.54) is 44.6 Å². The molecule has 3 nitrogen and oxygen atoms in total. The van der Waals surface area contributed by atoms with Crippen molar-refractivity contribution in [3.8, 4) is 0 Å². The molecule has 0 aliphatic rings. The van der Waals surface area contributed by atoms with Gasteiger partial charge in [0.25, 0.3) is 5.97 Å². The van der Waals surface area contributed by atoms with Crippen LogP contribution in [-0.2, 0) is 20.6 Å². The molecule has 1 aromatic rings. The van der Waals surface area contributed by atoms with Crippen molar-refractivity contribution in [3.05, 3.63) is 35.6 Å². The van der Waals surface area contributed by atoms with Gasteiger partial charge < -0.3 is 14.2 Å². The maximum Gasteiger partial charge on any atom is 0.285 e. The number of rotatable bonds is 23. The standard InChI is InChI=1S/C30H53FO3/c1-5-9-10-11-12-15-20-28(21-16-13-14-18-27-19-17-22-29(31)26-27)30(32-23-6-2,33-24-7-3)34-25-8-4/h17,19,22,26,28H,5-16,18,20-21,23-25H2,1-4H3. The Labute approximate surface area is 210 Å². The van der Waals surface area contributed by atoms with E-state index in [0.717, 1.165) is 63.4 Å². The highest BCUT2D eigenvalue weighted by Gasteiger charge is 2.41. The van der Waals surface area contributed by atoms with Gasteiger partial charge in [-0.15, -0.1) is 0 Å². The van der Waals surface area contributed by atoms with Gasteiger partial charge >= 0.3 is 0 Å². The van der Waals surface area contributed by atoms with E-state index in [-0.39, 0.29) is 11.7 Å². The lowest BCUT2D eigenvalue weighted by molar-refractivity contribution is -0.406. The fourth-order valence-corrected chi connectivity index (χ4v) is 4.47. The second kappa shape index (κ2) is 20.2. The van der Waals surface area contributed by atoms with Crippen LogP contribution < -0.4 is 0 Å². The van der Waals surface area contributed by atoms with E-state index >= 15 is 0 Å². The van der Waals surface area contributed by atoms with Crippen molar-refractivity contribution >= 4 is 0 Å². The van der Waals surface area contributed by atoms with Gasteiger partial charge in [-0.2, -0.15) is 0 Å². The summed E-state index contributed by atoms with van der Waals surface area (Å²) in [7, 11) is 0. The second-order valence-corrected chi connectivity index (χ2v) is 9.63. The minimum absolute atomic E-state index is 0.143. The average Bonchev–Trinajstić information content (AvgIpc) is 2.84. The van der Waals surface area contributed by atoms with Crippen LogP contribution in [0.25, 0.3) is 0 Å². The van der Waals surface area contributed by atoms with Gasteiger partial charge in [0.1, 0.15) is 5.82 Å². The van der Waals surface area contributed by atoms with E-state index in [0.29, 0.717) is 19.8 Å². The lowest BCUT2D eigenvalue weighted by Crippen LogP contribution is -2.47. The monoisotopic (exact) mass is 480 g/mol. The zero-order chi connectivity index (χ0) is 24.9. The van der Waals surface area contributed by atoms with E-state index < -0.39 is 5.97 Å². The Morgan fingerprint density at radius 3 is 1.74 bits per heavy atom. The molecule has 0 heterocycles. The van der Waals surface area contributed by atoms with Crippen LogP contribution in [0.1, 0.15) is 123 Å². The quantitative estimate of drug-likeness (QED) is 0.115. The van der Waals surface area contributed by atoms with E-state index in [4.69, 9.17) is 14.2 Å². The highest BCUT2D eigenvalue weighted by molar-refractivity contribution is 5.16. The molecule has 0 N–H and O–H groups in total. The van der Waals surface area contributed by atoms with Crippen LogP contribution in [0, 0.1) is 11.7 Å². The Kier molecular flexibility index (Phi) is 18.5. The number of aryl methyl sites for hydroxylation is 1. The van der Waals surface area contributed by atoms with Crippen molar-refractivity contribution in [1.82, 2.24) is 0 Å². The summed E-state index contributed by atoms with van der Waals surface area (Å²) in [4.78, 5) is 0. The third-order valence-electron chi connectivity index (χ3n) is 6.34. The van der Waals surface area contributed by atoms with Crippen LogP contribution in [0.4, 0.5) is 4.39 Å². The SMILES string of the molecule is CCCCCCCCC(CCCCCc1cccc(F)c1)C(OCCC)(OCCC)OCCC. The molecule has 4 heteroatoms. The van der Waals surface area contributed by atoms with Crippen LogP contribution in [0.15, 0.2) is 24.3 Å². The fourth-order valence-electron chi connectivity index (χ4n) is 4.47. The molecule has 0 amide bonds. The van der Waals surface area contributed by atoms with Gasteiger partial charge in [0.2, 0.25) is 0 Å². The van der Waals surface area contributed by atoms with E-state index in [2.05, 4.69) is 27.7 Å². The molecule has 1 unspecified atom stereocenters. The van der Waals surface area contributed by atoms with Crippen LogP contribution >= 0.6 is 0 Å². The molecule has 0 bridgehead atoms. The predicted molar refractivity (Wildman–Crippen MR) is 142 cm³/mol. The molecule has 0 fully saturated rings. The molecule has 0 aliphatic carbocycles. The molecule has 0 aliphatic heterocycles. The lowest BCUT2D eigenvalue weighted by Gasteiger charge is -2.40. The number of benzene rings is 1. The highest BCUT2D eigenvalue weighted by atomic mass is 19.1. The summed E-state index contributed by atoms with van der Waals surface area (Å²) in [5.41, 5.74) is 1.09. The lowest BCUT2D eigenvalue weighted by atomic mass is 9.91. The van der Waals surface area contributed by atoms with Crippen LogP contribution in [0.5, 0.6) is 0 Å². The molecule has 1 rings (SSSR count). The second-order valence-electron chi connectivity index (χ2n) is 9.63. The summed E-state index contributed by atoms with van der Waals surface area (Å²) in [6.45, 7) is 10.6. The zero-order valence-electron chi connectivity index (χ0n) is 22.7. The zero-order valence-corrected chi connectivity index (χ0v) is 22.7. The first kappa shape index (κ1) is 31.1. The van der Waals surface area contributed by atoms with Crippen LogP contribution in [-0.4, -0.2) is 25.8 Å². The number of hydrogen-bond donors (Lipinski definition) is 0. The summed E-state index contributed by atoms with van der Waals surface area (Å²) in [5.74, 6) is -0.832. The van der Waals surface area contributed by atoms with Gasteiger partial charge in [0.15, 0.2) is 0 Å². The molecule has 0 saturated heterocycles. The van der Waals surface area contributed by atoms with Crippen molar-refractivity contribution in [2.24, 2.45) is 5.92 Å². The molecule has 0 aromatic heterocycles. The van der Waals surface area contributed by atoms with E-state index in [9.17, 15) is 4.39 Å². The minimum atomic E-state index is -0.923. The molecule has 0 radical (unpaired) electrons. The Hall–Kier alpha value is -0.970. The summed E-state index contributed by atoms with van der Waals surface area (Å²) >= 11 is 0. The molecule has 1 atom stereocenters. The van der Waals surface area contributed by atoms with E-state index in [1.807, 2.05) is 6.07 Å². The third kappa shape index (κ3) is 13.2. The molecule has 1 aromatic carbocycles. The molecule has 198 valence electrons. The summed E-state index contributed by atoms with van der Waals surface area (Å²) in [6, 6.07) is 6.99. The van der Waals surface area contributed by atoms with Gasteiger partial charge in [-0.1, -0.05) is 91.2 Å². The smallest absolute Gasteiger partial charge is 0.285 e. The van der Waals surface area contributed by atoms with Gasteiger partial charge in [0.05, 0.1) is 19.8 Å². The van der Waals surface area contributed by atoms with Gasteiger partial charge in [-0.05, 0) is 62.6 Å². The number of unbranched alkanes of at least 4 members (excludes halogenated alkanes) is 7. The number of halogens is 1. The topological polar surface area (TPSA) is 27.7 Å². The number of hydrogen-bond acceptors (Lipinski definition) is 3. The Morgan fingerprint density at radius 1 is 0.676 bits per heavy atom. The Morgan fingerprint density at radius 2 is 1.21 bits per heavy atom. The summed E-state index contributed by atoms with van der Waals surface area (Å²) < 4.78 is 32.6. The molecule has 0 spiro atoms. The summed E-state index contributed by atoms with van der Waals surface area (Å²) in [6.07, 6.45) is 16.9. The maximum absolute atomic E-state index is 13.5. The normalized spacial score (nSPS) is 12.9. The minimum Gasteiger partial charge on any atom is -0.327 e. The van der Waals surface area contributed by atoms with Crippen molar-refractivity contribution < 1.29 is 18.6 Å². The predicted octanol–water partition coefficient (Wildman–Crippen LogP) is 9.23. The van der Waals surface area contributed by atoms with E-state index in [1.54, 1.807) is 12.1 Å². The van der Waals surface area contributed by atoms with Crippen molar-refractivity contribution in [2.45, 2.75) is 130 Å². The first-order valence-corrected chi connectivity index (χ1v) is 14.3. The van der Waals surface area contributed by atoms with Crippen molar-refractivity contribution in [1.29, 1.82) is 0 Å². The van der Waals surface area contributed by atoms with Gasteiger partial charge in [-0.25, -0.2) is 4.39 Å². The third-order valence-corrected chi connectivity index (χ3v) is 6.34. The van der Waals surface area contributed by atoms with Crippen molar-refractivity contribution in [2.75, 3.05) is 19.8 Å². The average molecular weight is 481 g/mol. The Balaban J connectivity index is 2.76. The summed E-state index contributed by atoms with van der Waals surface area (Å²) in [5, 5.41) is 0. The largest absolute Gasteiger partial charge is 0.327 e. The molecular formula is C30H53FO3. The van der Waals surface area contributed by atoms with Crippen LogP contribution in [0.3, 0.4) is 0 Å². The molecular weight excluding hydrogens is 427 g/mol. The number of ether oxygens (including phenoxy) is 3.